The van der Waals surface area contributed by atoms with Crippen molar-refractivity contribution in [3.8, 4) is 5.95 Å². The van der Waals surface area contributed by atoms with E-state index in [-0.39, 0.29) is 41.7 Å². The smallest absolute Gasteiger partial charge is 0.282 e. The minimum atomic E-state index is -0.826. The summed E-state index contributed by atoms with van der Waals surface area (Å²) in [4.78, 5) is 23.5. The molecule has 1 saturated heterocycles. The first-order valence-electron chi connectivity index (χ1n) is 5.64. The Kier molecular flexibility index (Phi) is 1.78. The Balaban J connectivity index is 2.13. The van der Waals surface area contributed by atoms with Crippen LogP contribution in [0.25, 0.3) is 0 Å². The number of Topliss-reactive ketones (excluding diaryl/α,β-unsaturated/α-hetero) is 1. The van der Waals surface area contributed by atoms with Crippen LogP contribution < -0.4 is 5.32 Å². The minimum absolute atomic E-state index is 0.00259. The second-order valence-corrected chi connectivity index (χ2v) is 4.97. The fourth-order valence-corrected chi connectivity index (χ4v) is 2.91. The number of carbonyl (C=O) groups is 2. The van der Waals surface area contributed by atoms with Crippen LogP contribution in [0.1, 0.15) is 42.3 Å². The highest BCUT2D eigenvalue weighted by Gasteiger charge is 2.59. The number of nitrogens with one attached hydrogen (secondary N) is 1. The molecule has 0 bridgehead atoms. The van der Waals surface area contributed by atoms with Gasteiger partial charge in [-0.15, -0.1) is 0 Å². The van der Waals surface area contributed by atoms with Gasteiger partial charge in [-0.2, -0.15) is 0 Å². The summed E-state index contributed by atoms with van der Waals surface area (Å²) >= 11 is 0. The highest BCUT2D eigenvalue weighted by molar-refractivity contribution is 6.11. The van der Waals surface area contributed by atoms with E-state index in [4.69, 9.17) is 4.42 Å². The number of aromatic hydroxyl groups is 1. The second kappa shape index (κ2) is 2.91. The lowest BCUT2D eigenvalue weighted by molar-refractivity contribution is -0.133. The SMILES string of the molecule is C[C@@H]1c2cc(O)oc2C(=O)C2(CC(=O)N2)[C@@H]1C. The Morgan fingerprint density at radius 2 is 2.12 bits per heavy atom. The first-order valence-corrected chi connectivity index (χ1v) is 5.64. The van der Waals surface area contributed by atoms with Crippen molar-refractivity contribution in [2.45, 2.75) is 31.7 Å². The number of hydrogen-bond acceptors (Lipinski definition) is 4. The fraction of sp³-hybridized carbons (Fsp3) is 0.500. The van der Waals surface area contributed by atoms with Gasteiger partial charge in [-0.05, 0) is 11.8 Å². The van der Waals surface area contributed by atoms with Crippen LogP contribution in [0.2, 0.25) is 0 Å². The number of β-lactam (4-membered cyclic amide) rings is 1. The van der Waals surface area contributed by atoms with Crippen molar-refractivity contribution in [2.24, 2.45) is 5.92 Å². The van der Waals surface area contributed by atoms with Gasteiger partial charge in [0.25, 0.3) is 5.95 Å². The standard InChI is InChI=1S/C12H13NO4/c1-5-6(2)12(4-8(14)13-12)11(16)10-7(5)3-9(15)17-10/h3,5-6,15H,4H2,1-2H3,(H,13,14)/t5-,6+,12?/m0/s1. The van der Waals surface area contributed by atoms with E-state index in [2.05, 4.69) is 5.32 Å². The molecule has 3 atom stereocenters. The van der Waals surface area contributed by atoms with Crippen LogP contribution >= 0.6 is 0 Å². The number of rotatable bonds is 0. The van der Waals surface area contributed by atoms with Crippen LogP contribution in [-0.4, -0.2) is 22.3 Å². The van der Waals surface area contributed by atoms with Crippen LogP contribution in [0, 0.1) is 5.92 Å². The molecule has 1 amide bonds. The van der Waals surface area contributed by atoms with Crippen LogP contribution in [0.3, 0.4) is 0 Å². The Labute approximate surface area is 97.8 Å². The van der Waals surface area contributed by atoms with Crippen molar-refractivity contribution in [1.82, 2.24) is 5.32 Å². The third kappa shape index (κ3) is 1.09. The molecular weight excluding hydrogens is 222 g/mol. The van der Waals surface area contributed by atoms with Gasteiger partial charge in [0.05, 0.1) is 6.42 Å². The lowest BCUT2D eigenvalue weighted by Crippen LogP contribution is -2.71. The Morgan fingerprint density at radius 3 is 2.71 bits per heavy atom. The molecular formula is C12H13NO4. The fourth-order valence-electron chi connectivity index (χ4n) is 2.91. The normalized spacial score (nSPS) is 35.4. The molecule has 2 aliphatic rings. The van der Waals surface area contributed by atoms with Gasteiger partial charge < -0.3 is 14.8 Å². The molecule has 0 saturated carbocycles. The van der Waals surface area contributed by atoms with Crippen molar-refractivity contribution < 1.29 is 19.1 Å². The molecule has 5 heteroatoms. The van der Waals surface area contributed by atoms with E-state index in [9.17, 15) is 14.7 Å². The molecule has 1 aromatic heterocycles. The molecule has 3 rings (SSSR count). The maximum atomic E-state index is 12.3. The van der Waals surface area contributed by atoms with Gasteiger partial charge in [0.15, 0.2) is 5.76 Å². The molecule has 90 valence electrons. The number of hydrogen-bond donors (Lipinski definition) is 2. The van der Waals surface area contributed by atoms with Crippen LogP contribution in [0.4, 0.5) is 0 Å². The van der Waals surface area contributed by atoms with Crippen LogP contribution in [0.15, 0.2) is 10.5 Å². The van der Waals surface area contributed by atoms with Gasteiger partial charge >= 0.3 is 0 Å². The first kappa shape index (κ1) is 10.4. The zero-order valence-electron chi connectivity index (χ0n) is 9.61. The molecule has 5 nitrogen and oxygen atoms in total. The van der Waals surface area contributed by atoms with E-state index < -0.39 is 5.54 Å². The van der Waals surface area contributed by atoms with E-state index in [1.54, 1.807) is 0 Å². The maximum absolute atomic E-state index is 12.3. The number of carbonyl (C=O) groups excluding carboxylic acids is 2. The Morgan fingerprint density at radius 1 is 1.47 bits per heavy atom. The van der Waals surface area contributed by atoms with E-state index in [1.807, 2.05) is 13.8 Å². The molecule has 1 aliphatic carbocycles. The Hall–Kier alpha value is -1.78. The highest BCUT2D eigenvalue weighted by Crippen LogP contribution is 2.47. The zero-order valence-corrected chi connectivity index (χ0v) is 9.61. The van der Waals surface area contributed by atoms with Gasteiger partial charge in [-0.3, -0.25) is 9.59 Å². The summed E-state index contributed by atoms with van der Waals surface area (Å²) in [5, 5.41) is 12.1. The summed E-state index contributed by atoms with van der Waals surface area (Å²) in [7, 11) is 0. The number of fused-ring (bicyclic) bond motifs is 1. The molecule has 0 aromatic carbocycles. The molecule has 1 aliphatic heterocycles. The van der Waals surface area contributed by atoms with Crippen molar-refractivity contribution in [3.63, 3.8) is 0 Å². The number of furan rings is 1. The van der Waals surface area contributed by atoms with Crippen LogP contribution in [-0.2, 0) is 4.79 Å². The number of ketones is 1. The highest BCUT2D eigenvalue weighted by atomic mass is 16.5. The van der Waals surface area contributed by atoms with E-state index >= 15 is 0 Å². The summed E-state index contributed by atoms with van der Waals surface area (Å²) in [6, 6.07) is 1.49. The average molecular weight is 235 g/mol. The summed E-state index contributed by atoms with van der Waals surface area (Å²) < 4.78 is 5.06. The van der Waals surface area contributed by atoms with Gasteiger partial charge in [0.2, 0.25) is 11.7 Å². The topological polar surface area (TPSA) is 79.5 Å². The third-order valence-electron chi connectivity index (χ3n) is 4.18. The van der Waals surface area contributed by atoms with Gasteiger partial charge in [0.1, 0.15) is 5.54 Å². The molecule has 1 fully saturated rings. The van der Waals surface area contributed by atoms with Gasteiger partial charge in [-0.25, -0.2) is 0 Å². The minimum Gasteiger partial charge on any atom is -0.481 e. The molecule has 17 heavy (non-hydrogen) atoms. The van der Waals surface area contributed by atoms with Crippen molar-refractivity contribution >= 4 is 11.7 Å². The van der Waals surface area contributed by atoms with E-state index in [0.717, 1.165) is 5.56 Å². The van der Waals surface area contributed by atoms with Crippen molar-refractivity contribution in [2.75, 3.05) is 0 Å². The maximum Gasteiger partial charge on any atom is 0.282 e. The molecule has 1 unspecified atom stereocenters. The molecule has 2 N–H and O–H groups in total. The number of amides is 1. The van der Waals surface area contributed by atoms with Gasteiger partial charge in [0, 0.05) is 11.6 Å². The van der Waals surface area contributed by atoms with Crippen LogP contribution in [0.5, 0.6) is 5.95 Å². The third-order valence-corrected chi connectivity index (χ3v) is 4.18. The summed E-state index contributed by atoms with van der Waals surface area (Å²) in [5.74, 6) is -0.335. The Bertz CT molecular complexity index is 523. The quantitative estimate of drug-likeness (QED) is 0.662. The van der Waals surface area contributed by atoms with Gasteiger partial charge in [-0.1, -0.05) is 13.8 Å². The first-order chi connectivity index (χ1) is 7.95. The summed E-state index contributed by atoms with van der Waals surface area (Å²) in [5.41, 5.74) is -0.0971. The lowest BCUT2D eigenvalue weighted by atomic mass is 9.62. The lowest BCUT2D eigenvalue weighted by Gasteiger charge is -2.49. The molecule has 2 heterocycles. The predicted octanol–water partition coefficient (Wildman–Crippen LogP) is 1.18. The largest absolute Gasteiger partial charge is 0.481 e. The molecule has 0 radical (unpaired) electrons. The van der Waals surface area contributed by atoms with Crippen molar-refractivity contribution in [1.29, 1.82) is 0 Å². The summed E-state index contributed by atoms with van der Waals surface area (Å²) in [6.45, 7) is 3.91. The van der Waals surface area contributed by atoms with E-state index in [1.165, 1.54) is 6.07 Å². The summed E-state index contributed by atoms with van der Waals surface area (Å²) in [6.07, 6.45) is 0.207. The predicted molar refractivity (Wildman–Crippen MR) is 57.8 cm³/mol. The van der Waals surface area contributed by atoms with E-state index in [0.29, 0.717) is 0 Å². The monoisotopic (exact) mass is 235 g/mol. The molecule has 1 spiro atoms. The zero-order chi connectivity index (χ0) is 12.4. The average Bonchev–Trinajstić information content (AvgIpc) is 2.62. The second-order valence-electron chi connectivity index (χ2n) is 4.97. The van der Waals surface area contributed by atoms with Crippen molar-refractivity contribution in [3.05, 3.63) is 17.4 Å². The molecule has 1 aromatic rings.